The number of hydrogen-bond donors (Lipinski definition) is 0. The molecule has 0 N–H and O–H groups in total. The summed E-state index contributed by atoms with van der Waals surface area (Å²) in [4.78, 5) is 34.7. The van der Waals surface area contributed by atoms with Crippen LogP contribution in [0.3, 0.4) is 0 Å². The van der Waals surface area contributed by atoms with Gasteiger partial charge >= 0.3 is 17.9 Å². The number of rotatable bonds is 8. The second kappa shape index (κ2) is 10.9. The van der Waals surface area contributed by atoms with Gasteiger partial charge in [-0.1, -0.05) is 13.2 Å². The Labute approximate surface area is 160 Å². The van der Waals surface area contributed by atoms with E-state index in [-0.39, 0.29) is 18.0 Å². The van der Waals surface area contributed by atoms with Gasteiger partial charge in [-0.3, -0.25) is 4.79 Å². The molecule has 150 valence electrons. The minimum atomic E-state index is -0.397. The van der Waals surface area contributed by atoms with Crippen LogP contribution in [0.25, 0.3) is 0 Å². The van der Waals surface area contributed by atoms with Crippen LogP contribution in [0.2, 0.25) is 0 Å². The Morgan fingerprint density at radius 1 is 0.741 bits per heavy atom. The predicted molar refractivity (Wildman–Crippen MR) is 99.6 cm³/mol. The molecule has 2 fully saturated rings. The van der Waals surface area contributed by atoms with Crippen molar-refractivity contribution in [2.24, 2.45) is 17.8 Å². The first-order valence-electron chi connectivity index (χ1n) is 9.80. The third-order valence-corrected chi connectivity index (χ3v) is 5.51. The quantitative estimate of drug-likeness (QED) is 0.366. The molecule has 2 saturated carbocycles. The van der Waals surface area contributed by atoms with Gasteiger partial charge in [0, 0.05) is 12.2 Å². The molecule has 2 aliphatic carbocycles. The molecule has 0 amide bonds. The molecular weight excluding hydrogens is 348 g/mol. The summed E-state index contributed by atoms with van der Waals surface area (Å²) in [5.41, 5.74) is 0. The van der Waals surface area contributed by atoms with Gasteiger partial charge in [0.25, 0.3) is 0 Å². The highest BCUT2D eigenvalue weighted by Crippen LogP contribution is 2.32. The van der Waals surface area contributed by atoms with Crippen molar-refractivity contribution in [3.8, 4) is 0 Å². The van der Waals surface area contributed by atoms with Crippen LogP contribution in [-0.2, 0) is 28.6 Å². The van der Waals surface area contributed by atoms with Crippen LogP contribution in [0.4, 0.5) is 0 Å². The van der Waals surface area contributed by atoms with Crippen LogP contribution >= 0.6 is 0 Å². The largest absolute Gasteiger partial charge is 0.462 e. The van der Waals surface area contributed by atoms with E-state index in [0.29, 0.717) is 25.0 Å². The molecule has 0 aliphatic heterocycles. The van der Waals surface area contributed by atoms with Gasteiger partial charge < -0.3 is 14.2 Å². The summed E-state index contributed by atoms with van der Waals surface area (Å²) in [6.45, 7) is 7.57. The summed E-state index contributed by atoms with van der Waals surface area (Å²) in [5, 5.41) is 0. The van der Waals surface area contributed by atoms with E-state index in [1.807, 2.05) is 0 Å². The Bertz CT molecular complexity index is 539. The Kier molecular flexibility index (Phi) is 8.55. The molecule has 0 saturated heterocycles. The van der Waals surface area contributed by atoms with Crippen molar-refractivity contribution in [2.45, 2.75) is 57.5 Å². The van der Waals surface area contributed by atoms with Crippen LogP contribution in [0.15, 0.2) is 25.3 Å². The second-order valence-electron chi connectivity index (χ2n) is 7.47. The highest BCUT2D eigenvalue weighted by Gasteiger charge is 2.31. The highest BCUT2D eigenvalue weighted by atomic mass is 16.5. The maximum absolute atomic E-state index is 12.4. The lowest BCUT2D eigenvalue weighted by Crippen LogP contribution is -2.31. The standard InChI is InChI=1S/C21H30O6/c1-3-19(22)25-13-15-5-9-17(10-6-15)21(24)27-18-11-7-16(8-12-18)14-26-20(23)4-2/h3-4,15-18H,1-2,5-14H2. The number of hydrogen-bond acceptors (Lipinski definition) is 6. The molecule has 2 rings (SSSR count). The topological polar surface area (TPSA) is 78.9 Å². The predicted octanol–water partition coefficient (Wildman–Crippen LogP) is 3.35. The van der Waals surface area contributed by atoms with Crippen molar-refractivity contribution in [1.82, 2.24) is 0 Å². The van der Waals surface area contributed by atoms with Gasteiger partial charge in [0.1, 0.15) is 6.10 Å². The molecule has 0 bridgehead atoms. The molecule has 0 aromatic carbocycles. The van der Waals surface area contributed by atoms with E-state index in [1.165, 1.54) is 12.2 Å². The first-order valence-corrected chi connectivity index (χ1v) is 9.80. The fourth-order valence-electron chi connectivity index (χ4n) is 3.76. The summed E-state index contributed by atoms with van der Waals surface area (Å²) in [6.07, 6.45) is 9.01. The van der Waals surface area contributed by atoms with Gasteiger partial charge in [-0.2, -0.15) is 0 Å². The average Bonchev–Trinajstić information content (AvgIpc) is 2.71. The van der Waals surface area contributed by atoms with E-state index >= 15 is 0 Å². The summed E-state index contributed by atoms with van der Waals surface area (Å²) < 4.78 is 15.9. The second-order valence-corrected chi connectivity index (χ2v) is 7.47. The first kappa shape index (κ1) is 21.2. The smallest absolute Gasteiger partial charge is 0.330 e. The van der Waals surface area contributed by atoms with Crippen molar-refractivity contribution >= 4 is 17.9 Å². The molecule has 0 spiro atoms. The number of carbonyl (C=O) groups is 3. The molecule has 6 heteroatoms. The Hall–Kier alpha value is -2.11. The lowest BCUT2D eigenvalue weighted by molar-refractivity contribution is -0.158. The highest BCUT2D eigenvalue weighted by molar-refractivity contribution is 5.81. The minimum Gasteiger partial charge on any atom is -0.462 e. The average molecular weight is 378 g/mol. The van der Waals surface area contributed by atoms with Gasteiger partial charge in [0.05, 0.1) is 19.1 Å². The normalized spacial score (nSPS) is 27.9. The summed E-state index contributed by atoms with van der Waals surface area (Å²) in [7, 11) is 0. The zero-order valence-electron chi connectivity index (χ0n) is 15.9. The number of carbonyl (C=O) groups excluding carboxylic acids is 3. The monoisotopic (exact) mass is 378 g/mol. The SMILES string of the molecule is C=CC(=O)OCC1CCC(OC(=O)C2CCC(COC(=O)C=C)CC2)CC1. The fraction of sp³-hybridized carbons (Fsp3) is 0.667. The van der Waals surface area contributed by atoms with Gasteiger partial charge in [0.15, 0.2) is 0 Å². The van der Waals surface area contributed by atoms with Crippen molar-refractivity contribution in [3.63, 3.8) is 0 Å². The van der Waals surface area contributed by atoms with Crippen molar-refractivity contribution < 1.29 is 28.6 Å². The van der Waals surface area contributed by atoms with E-state index < -0.39 is 11.9 Å². The van der Waals surface area contributed by atoms with Crippen LogP contribution < -0.4 is 0 Å². The molecule has 0 radical (unpaired) electrons. The van der Waals surface area contributed by atoms with Crippen molar-refractivity contribution in [2.75, 3.05) is 13.2 Å². The summed E-state index contributed by atoms with van der Waals surface area (Å²) in [6, 6.07) is 0. The molecule has 0 aromatic heterocycles. The number of ether oxygens (including phenoxy) is 3. The van der Waals surface area contributed by atoms with Crippen LogP contribution in [0.5, 0.6) is 0 Å². The van der Waals surface area contributed by atoms with Gasteiger partial charge in [-0.15, -0.1) is 0 Å². The molecule has 0 heterocycles. The van der Waals surface area contributed by atoms with E-state index in [2.05, 4.69) is 13.2 Å². The minimum absolute atomic E-state index is 0.0323. The summed E-state index contributed by atoms with van der Waals surface area (Å²) in [5.74, 6) is -0.297. The Balaban J connectivity index is 1.62. The van der Waals surface area contributed by atoms with Crippen molar-refractivity contribution in [1.29, 1.82) is 0 Å². The van der Waals surface area contributed by atoms with E-state index in [0.717, 1.165) is 51.4 Å². The molecule has 2 aliphatic rings. The Morgan fingerprint density at radius 3 is 1.63 bits per heavy atom. The van der Waals surface area contributed by atoms with E-state index in [1.54, 1.807) is 0 Å². The first-order chi connectivity index (χ1) is 13.0. The number of esters is 3. The molecule has 0 atom stereocenters. The molecule has 27 heavy (non-hydrogen) atoms. The zero-order chi connectivity index (χ0) is 19.6. The molecule has 6 nitrogen and oxygen atoms in total. The lowest BCUT2D eigenvalue weighted by atomic mass is 9.82. The molecule has 0 unspecified atom stereocenters. The van der Waals surface area contributed by atoms with E-state index in [9.17, 15) is 14.4 Å². The van der Waals surface area contributed by atoms with Crippen LogP contribution in [0, 0.1) is 17.8 Å². The fourth-order valence-corrected chi connectivity index (χ4v) is 3.76. The van der Waals surface area contributed by atoms with Gasteiger partial charge in [0.2, 0.25) is 0 Å². The lowest BCUT2D eigenvalue weighted by Gasteiger charge is -2.31. The maximum atomic E-state index is 12.4. The Morgan fingerprint density at radius 2 is 1.19 bits per heavy atom. The maximum Gasteiger partial charge on any atom is 0.330 e. The van der Waals surface area contributed by atoms with Crippen molar-refractivity contribution in [3.05, 3.63) is 25.3 Å². The van der Waals surface area contributed by atoms with Crippen LogP contribution in [-0.4, -0.2) is 37.2 Å². The van der Waals surface area contributed by atoms with E-state index in [4.69, 9.17) is 14.2 Å². The zero-order valence-corrected chi connectivity index (χ0v) is 15.9. The third-order valence-electron chi connectivity index (χ3n) is 5.51. The molecule has 0 aromatic rings. The van der Waals surface area contributed by atoms with Gasteiger partial charge in [-0.25, -0.2) is 9.59 Å². The van der Waals surface area contributed by atoms with Gasteiger partial charge in [-0.05, 0) is 63.2 Å². The van der Waals surface area contributed by atoms with Crippen LogP contribution in [0.1, 0.15) is 51.4 Å². The molecular formula is C21H30O6. The summed E-state index contributed by atoms with van der Waals surface area (Å²) >= 11 is 0. The third kappa shape index (κ3) is 7.19.